The van der Waals surface area contributed by atoms with Crippen LogP contribution in [0.5, 0.6) is 0 Å². The fourth-order valence-corrected chi connectivity index (χ4v) is 0.366. The summed E-state index contributed by atoms with van der Waals surface area (Å²) in [5.74, 6) is 0.620. The summed E-state index contributed by atoms with van der Waals surface area (Å²) in [7, 11) is 1.76. The second-order valence-corrected chi connectivity index (χ2v) is 1.76. The van der Waals surface area contributed by atoms with Crippen LogP contribution >= 0.6 is 0 Å². The summed E-state index contributed by atoms with van der Waals surface area (Å²) in [4.78, 5) is 0. The van der Waals surface area contributed by atoms with E-state index < -0.39 is 0 Å². The van der Waals surface area contributed by atoms with Crippen molar-refractivity contribution >= 4 is 0 Å². The first-order chi connectivity index (χ1) is 5.20. The van der Waals surface area contributed by atoms with E-state index in [0.717, 1.165) is 5.57 Å². The standard InChI is InChI=1S/C6H13N3.C2H6/c1-5(4-7)3-6(8)9-2;1-2/h3-4,9H,7-8H2,1-2H3;1-2H3/b5-4-,6-3+;. The number of nitrogens with one attached hydrogen (secondary N) is 1. The van der Waals surface area contributed by atoms with Crippen LogP contribution in [0.3, 0.4) is 0 Å². The molecule has 0 amide bonds. The van der Waals surface area contributed by atoms with Gasteiger partial charge >= 0.3 is 0 Å². The molecule has 0 aromatic rings. The lowest BCUT2D eigenvalue weighted by atomic mass is 10.3. The van der Waals surface area contributed by atoms with Crippen LogP contribution in [0.2, 0.25) is 0 Å². The van der Waals surface area contributed by atoms with Crippen molar-refractivity contribution in [1.82, 2.24) is 5.32 Å². The second kappa shape index (κ2) is 8.88. The van der Waals surface area contributed by atoms with Crippen LogP contribution < -0.4 is 16.8 Å². The predicted molar refractivity (Wildman–Crippen MR) is 50.6 cm³/mol. The highest BCUT2D eigenvalue weighted by Gasteiger charge is 1.82. The Balaban J connectivity index is 0. The van der Waals surface area contributed by atoms with Gasteiger partial charge in [0.25, 0.3) is 0 Å². The lowest BCUT2D eigenvalue weighted by molar-refractivity contribution is 0.961. The summed E-state index contributed by atoms with van der Waals surface area (Å²) in [6.45, 7) is 5.88. The number of hydrogen-bond donors (Lipinski definition) is 3. The molecule has 0 unspecified atom stereocenters. The fraction of sp³-hybridized carbons (Fsp3) is 0.500. The molecule has 3 nitrogen and oxygen atoms in total. The number of nitrogens with two attached hydrogens (primary N) is 2. The van der Waals surface area contributed by atoms with Crippen molar-refractivity contribution in [3.8, 4) is 0 Å². The van der Waals surface area contributed by atoms with Gasteiger partial charge in [-0.3, -0.25) is 0 Å². The highest BCUT2D eigenvalue weighted by atomic mass is 14.9. The average Bonchev–Trinajstić information content (AvgIpc) is 2.07. The van der Waals surface area contributed by atoms with E-state index in [1.54, 1.807) is 13.1 Å². The van der Waals surface area contributed by atoms with Crippen molar-refractivity contribution in [2.45, 2.75) is 20.8 Å². The van der Waals surface area contributed by atoms with Gasteiger partial charge in [0.1, 0.15) is 0 Å². The zero-order valence-corrected chi connectivity index (χ0v) is 7.81. The topological polar surface area (TPSA) is 64.1 Å². The van der Waals surface area contributed by atoms with Gasteiger partial charge in [-0.25, -0.2) is 0 Å². The molecule has 5 N–H and O–H groups in total. The Hall–Kier alpha value is -1.12. The third-order valence-electron chi connectivity index (χ3n) is 0.935. The molecule has 0 aliphatic rings. The highest BCUT2D eigenvalue weighted by molar-refractivity contribution is 5.17. The van der Waals surface area contributed by atoms with Crippen molar-refractivity contribution in [1.29, 1.82) is 0 Å². The minimum atomic E-state index is 0.620. The Morgan fingerprint density at radius 1 is 1.36 bits per heavy atom. The van der Waals surface area contributed by atoms with E-state index in [4.69, 9.17) is 11.5 Å². The maximum absolute atomic E-state index is 5.40. The second-order valence-electron chi connectivity index (χ2n) is 1.76. The molecule has 0 aromatic carbocycles. The highest BCUT2D eigenvalue weighted by Crippen LogP contribution is 1.91. The van der Waals surface area contributed by atoms with E-state index in [2.05, 4.69) is 5.32 Å². The molecule has 0 saturated carbocycles. The molecule has 0 radical (unpaired) electrons. The molecule has 0 saturated heterocycles. The number of rotatable bonds is 2. The summed E-state index contributed by atoms with van der Waals surface area (Å²) >= 11 is 0. The molecule has 0 bridgehead atoms. The number of allylic oxidation sites excluding steroid dienone is 2. The molecule has 0 rings (SSSR count). The molecular formula is C8H19N3. The van der Waals surface area contributed by atoms with Crippen LogP contribution in [0.15, 0.2) is 23.7 Å². The van der Waals surface area contributed by atoms with Crippen LogP contribution in [0.25, 0.3) is 0 Å². The lowest BCUT2D eigenvalue weighted by Crippen LogP contribution is -2.14. The third-order valence-corrected chi connectivity index (χ3v) is 0.935. The molecule has 3 heteroatoms. The Labute approximate surface area is 69.2 Å². The van der Waals surface area contributed by atoms with E-state index in [-0.39, 0.29) is 0 Å². The summed E-state index contributed by atoms with van der Waals surface area (Å²) in [5, 5.41) is 2.77. The zero-order chi connectivity index (χ0) is 9.28. The van der Waals surface area contributed by atoms with Crippen molar-refractivity contribution in [2.24, 2.45) is 11.5 Å². The minimum Gasteiger partial charge on any atom is -0.404 e. The van der Waals surface area contributed by atoms with Crippen LogP contribution in [0, 0.1) is 0 Å². The maximum Gasteiger partial charge on any atom is 0.0960 e. The quantitative estimate of drug-likeness (QED) is 0.522. The van der Waals surface area contributed by atoms with Gasteiger partial charge in [-0.05, 0) is 24.8 Å². The Bertz CT molecular complexity index is 136. The minimum absolute atomic E-state index is 0.620. The van der Waals surface area contributed by atoms with Crippen LogP contribution in [0.1, 0.15) is 20.8 Å². The van der Waals surface area contributed by atoms with E-state index in [0.29, 0.717) is 5.82 Å². The molecule has 0 aliphatic carbocycles. The van der Waals surface area contributed by atoms with Crippen molar-refractivity contribution in [3.63, 3.8) is 0 Å². The van der Waals surface area contributed by atoms with Crippen molar-refractivity contribution < 1.29 is 0 Å². The fourth-order valence-electron chi connectivity index (χ4n) is 0.366. The molecular weight excluding hydrogens is 138 g/mol. The summed E-state index contributed by atoms with van der Waals surface area (Å²) in [5.41, 5.74) is 11.5. The normalized spacial score (nSPS) is 11.6. The third kappa shape index (κ3) is 8.88. The summed E-state index contributed by atoms with van der Waals surface area (Å²) in [6.07, 6.45) is 3.27. The van der Waals surface area contributed by atoms with Gasteiger partial charge in [0, 0.05) is 7.05 Å². The van der Waals surface area contributed by atoms with Gasteiger partial charge in [-0.1, -0.05) is 13.8 Å². The maximum atomic E-state index is 5.40. The van der Waals surface area contributed by atoms with Gasteiger partial charge in [0.05, 0.1) is 5.82 Å². The molecule has 0 aromatic heterocycles. The van der Waals surface area contributed by atoms with E-state index in [9.17, 15) is 0 Å². The lowest BCUT2D eigenvalue weighted by Gasteiger charge is -1.97. The predicted octanol–water partition coefficient (Wildman–Crippen LogP) is 0.895. The van der Waals surface area contributed by atoms with Gasteiger partial charge in [-0.2, -0.15) is 0 Å². The Kier molecular flexibility index (Phi) is 10.1. The monoisotopic (exact) mass is 157 g/mol. The van der Waals surface area contributed by atoms with E-state index >= 15 is 0 Å². The first-order valence-electron chi connectivity index (χ1n) is 3.74. The molecule has 66 valence electrons. The average molecular weight is 157 g/mol. The molecule has 0 spiro atoms. The zero-order valence-electron chi connectivity index (χ0n) is 7.81. The number of hydrogen-bond acceptors (Lipinski definition) is 3. The summed E-state index contributed by atoms with van der Waals surface area (Å²) < 4.78 is 0. The molecule has 0 atom stereocenters. The van der Waals surface area contributed by atoms with Gasteiger partial charge in [-0.15, -0.1) is 0 Å². The van der Waals surface area contributed by atoms with Gasteiger partial charge in [0.15, 0.2) is 0 Å². The smallest absolute Gasteiger partial charge is 0.0960 e. The van der Waals surface area contributed by atoms with Crippen molar-refractivity contribution in [2.75, 3.05) is 7.05 Å². The largest absolute Gasteiger partial charge is 0.404 e. The first kappa shape index (κ1) is 12.5. The Morgan fingerprint density at radius 2 is 1.82 bits per heavy atom. The molecule has 0 fully saturated rings. The van der Waals surface area contributed by atoms with Gasteiger partial charge in [0.2, 0.25) is 0 Å². The molecule has 0 heterocycles. The van der Waals surface area contributed by atoms with Crippen LogP contribution in [-0.2, 0) is 0 Å². The van der Waals surface area contributed by atoms with Crippen LogP contribution in [0.4, 0.5) is 0 Å². The van der Waals surface area contributed by atoms with Crippen LogP contribution in [-0.4, -0.2) is 7.05 Å². The van der Waals surface area contributed by atoms with Crippen molar-refractivity contribution in [3.05, 3.63) is 23.7 Å². The van der Waals surface area contributed by atoms with Gasteiger partial charge < -0.3 is 16.8 Å². The van der Waals surface area contributed by atoms with E-state index in [1.165, 1.54) is 6.20 Å². The van der Waals surface area contributed by atoms with E-state index in [1.807, 2.05) is 20.8 Å². The summed E-state index contributed by atoms with van der Waals surface area (Å²) in [6, 6.07) is 0. The Morgan fingerprint density at radius 3 is 2.09 bits per heavy atom. The molecule has 0 aliphatic heterocycles. The first-order valence-corrected chi connectivity index (χ1v) is 3.74. The SMILES string of the molecule is CC.CN/C(N)=C/C(C)=C\N. The molecule has 11 heavy (non-hydrogen) atoms.